The van der Waals surface area contributed by atoms with E-state index in [-0.39, 0.29) is 5.91 Å². The number of hydrogen-bond donors (Lipinski definition) is 1. The molecule has 0 atom stereocenters. The van der Waals surface area contributed by atoms with E-state index in [0.29, 0.717) is 27.0 Å². The molecule has 1 saturated heterocycles. The maximum Gasteiger partial charge on any atom is 0.268 e. The Bertz CT molecular complexity index is 1130. The average molecular weight is 417 g/mol. The van der Waals surface area contributed by atoms with Crippen molar-refractivity contribution in [2.24, 2.45) is 0 Å². The number of nitrogens with one attached hydrogen (secondary N) is 1. The van der Waals surface area contributed by atoms with E-state index in [1.807, 2.05) is 54.6 Å². The molecular weight excluding hydrogens is 396 g/mol. The molecule has 4 heterocycles. The Morgan fingerprint density at radius 2 is 1.87 bits per heavy atom. The minimum atomic E-state index is -0.208. The molecule has 0 saturated carbocycles. The maximum atomic E-state index is 13.1. The van der Waals surface area contributed by atoms with Gasteiger partial charge in [-0.25, -0.2) is 9.97 Å². The number of benzene rings is 1. The van der Waals surface area contributed by atoms with Crippen molar-refractivity contribution in [3.63, 3.8) is 0 Å². The molecule has 0 spiro atoms. The van der Waals surface area contributed by atoms with Crippen molar-refractivity contribution in [1.29, 1.82) is 0 Å². The second kappa shape index (κ2) is 8.12. The summed E-state index contributed by atoms with van der Waals surface area (Å²) in [6.07, 6.45) is 5.71. The van der Waals surface area contributed by atoms with Crippen LogP contribution in [0, 0.1) is 0 Å². The number of amides is 1. The molecule has 150 valence electrons. The zero-order valence-electron chi connectivity index (χ0n) is 16.2. The number of hydrogen-bond acceptors (Lipinski definition) is 6. The van der Waals surface area contributed by atoms with Crippen LogP contribution in [0.3, 0.4) is 0 Å². The standard InChI is InChI=1S/C23H20N4O2S/c28-22(25-17-10-11-19(24-15-17)27-12-4-5-13-27)21-20(16-7-2-1-3-8-16)26-23(30-21)18-9-6-14-29-18/h1-3,6-11,14-15H,4-5,12-13H2,(H,25,28). The molecule has 1 amide bonds. The molecule has 0 radical (unpaired) electrons. The first-order chi connectivity index (χ1) is 14.8. The highest BCUT2D eigenvalue weighted by molar-refractivity contribution is 7.17. The SMILES string of the molecule is O=C(Nc1ccc(N2CCCC2)nc1)c1sc(-c2ccco2)nc1-c1ccccc1. The van der Waals surface area contributed by atoms with Crippen LogP contribution in [0.25, 0.3) is 22.0 Å². The van der Waals surface area contributed by atoms with Gasteiger partial charge in [-0.1, -0.05) is 30.3 Å². The predicted molar refractivity (Wildman–Crippen MR) is 119 cm³/mol. The Kier molecular flexibility index (Phi) is 5.03. The summed E-state index contributed by atoms with van der Waals surface area (Å²) in [4.78, 5) is 25.1. The van der Waals surface area contributed by atoms with Gasteiger partial charge in [0.25, 0.3) is 5.91 Å². The van der Waals surface area contributed by atoms with Crippen molar-refractivity contribution in [3.05, 3.63) is 71.9 Å². The fourth-order valence-electron chi connectivity index (χ4n) is 3.55. The molecule has 1 fully saturated rings. The van der Waals surface area contributed by atoms with Crippen molar-refractivity contribution in [2.45, 2.75) is 12.8 Å². The van der Waals surface area contributed by atoms with Crippen LogP contribution in [0.15, 0.2) is 71.5 Å². The van der Waals surface area contributed by atoms with Gasteiger partial charge in [-0.15, -0.1) is 11.3 Å². The smallest absolute Gasteiger partial charge is 0.268 e. The van der Waals surface area contributed by atoms with Crippen LogP contribution in [-0.4, -0.2) is 29.0 Å². The molecule has 1 aliphatic rings. The molecule has 1 N–H and O–H groups in total. The number of thiazole rings is 1. The highest BCUT2D eigenvalue weighted by Gasteiger charge is 2.22. The third-order valence-corrected chi connectivity index (χ3v) is 6.12. The average Bonchev–Trinajstić information content (AvgIpc) is 3.56. The molecular formula is C23H20N4O2S. The number of carbonyl (C=O) groups excluding carboxylic acids is 1. The van der Waals surface area contributed by atoms with Gasteiger partial charge >= 0.3 is 0 Å². The number of aromatic nitrogens is 2. The van der Waals surface area contributed by atoms with Gasteiger partial charge in [0, 0.05) is 18.7 Å². The highest BCUT2D eigenvalue weighted by Crippen LogP contribution is 2.34. The van der Waals surface area contributed by atoms with Crippen molar-refractivity contribution < 1.29 is 9.21 Å². The summed E-state index contributed by atoms with van der Waals surface area (Å²) < 4.78 is 5.49. The summed E-state index contributed by atoms with van der Waals surface area (Å²) >= 11 is 1.32. The van der Waals surface area contributed by atoms with E-state index in [0.717, 1.165) is 24.5 Å². The van der Waals surface area contributed by atoms with E-state index in [1.165, 1.54) is 24.2 Å². The lowest BCUT2D eigenvalue weighted by Gasteiger charge is -2.16. The molecule has 1 aromatic carbocycles. The van der Waals surface area contributed by atoms with Gasteiger partial charge in [-0.3, -0.25) is 4.79 Å². The van der Waals surface area contributed by atoms with Gasteiger partial charge in [0.2, 0.25) is 0 Å². The molecule has 0 aliphatic carbocycles. The number of rotatable bonds is 5. The van der Waals surface area contributed by atoms with Gasteiger partial charge in [-0.2, -0.15) is 0 Å². The van der Waals surface area contributed by atoms with E-state index in [2.05, 4.69) is 15.2 Å². The Morgan fingerprint density at radius 3 is 2.57 bits per heavy atom. The molecule has 4 aromatic rings. The fourth-order valence-corrected chi connectivity index (χ4v) is 4.50. The Hall–Kier alpha value is -3.45. The van der Waals surface area contributed by atoms with Gasteiger partial charge in [0.15, 0.2) is 10.8 Å². The summed E-state index contributed by atoms with van der Waals surface area (Å²) in [6.45, 7) is 2.07. The van der Waals surface area contributed by atoms with Crippen molar-refractivity contribution in [2.75, 3.05) is 23.3 Å². The van der Waals surface area contributed by atoms with E-state index in [1.54, 1.807) is 12.5 Å². The van der Waals surface area contributed by atoms with E-state index >= 15 is 0 Å². The van der Waals surface area contributed by atoms with E-state index in [9.17, 15) is 4.79 Å². The fraction of sp³-hybridized carbons (Fsp3) is 0.174. The van der Waals surface area contributed by atoms with Crippen LogP contribution in [0.4, 0.5) is 11.5 Å². The molecule has 0 unspecified atom stereocenters. The molecule has 0 bridgehead atoms. The Balaban J connectivity index is 1.43. The lowest BCUT2D eigenvalue weighted by Crippen LogP contribution is -2.19. The summed E-state index contributed by atoms with van der Waals surface area (Å²) in [5, 5.41) is 3.64. The third kappa shape index (κ3) is 3.71. The quantitative estimate of drug-likeness (QED) is 0.477. The van der Waals surface area contributed by atoms with Crippen LogP contribution in [0.1, 0.15) is 22.5 Å². The first-order valence-electron chi connectivity index (χ1n) is 9.90. The maximum absolute atomic E-state index is 13.1. The molecule has 5 rings (SSSR count). The normalized spacial score (nSPS) is 13.5. The topological polar surface area (TPSA) is 71.3 Å². The summed E-state index contributed by atoms with van der Waals surface area (Å²) in [7, 11) is 0. The second-order valence-corrected chi connectivity index (χ2v) is 8.09. The number of carbonyl (C=O) groups is 1. The largest absolute Gasteiger partial charge is 0.462 e. The third-order valence-electron chi connectivity index (χ3n) is 5.05. The summed E-state index contributed by atoms with van der Waals surface area (Å²) in [5.41, 5.74) is 2.19. The molecule has 1 aliphatic heterocycles. The minimum absolute atomic E-state index is 0.208. The number of furan rings is 1. The predicted octanol–water partition coefficient (Wildman–Crippen LogP) is 5.32. The highest BCUT2D eigenvalue weighted by atomic mass is 32.1. The van der Waals surface area contributed by atoms with Crippen LogP contribution in [0.2, 0.25) is 0 Å². The van der Waals surface area contributed by atoms with Crippen LogP contribution >= 0.6 is 11.3 Å². The Labute approximate surface area is 178 Å². The number of nitrogens with zero attached hydrogens (tertiary/aromatic N) is 3. The lowest BCUT2D eigenvalue weighted by atomic mass is 10.1. The zero-order chi connectivity index (χ0) is 20.3. The Morgan fingerprint density at radius 1 is 1.03 bits per heavy atom. The second-order valence-electron chi connectivity index (χ2n) is 7.09. The zero-order valence-corrected chi connectivity index (χ0v) is 17.1. The van der Waals surface area contributed by atoms with Crippen LogP contribution < -0.4 is 10.2 Å². The van der Waals surface area contributed by atoms with Gasteiger partial charge in [0.05, 0.1) is 23.8 Å². The molecule has 3 aromatic heterocycles. The lowest BCUT2D eigenvalue weighted by molar-refractivity contribution is 0.103. The first-order valence-corrected chi connectivity index (χ1v) is 10.7. The van der Waals surface area contributed by atoms with Crippen LogP contribution in [0.5, 0.6) is 0 Å². The first kappa shape index (κ1) is 18.6. The summed E-state index contributed by atoms with van der Waals surface area (Å²) in [5.74, 6) is 1.39. The van der Waals surface area contributed by atoms with Crippen molar-refractivity contribution in [1.82, 2.24) is 9.97 Å². The van der Waals surface area contributed by atoms with Crippen LogP contribution in [-0.2, 0) is 0 Å². The summed E-state index contributed by atoms with van der Waals surface area (Å²) in [6, 6.07) is 17.2. The molecule has 6 nitrogen and oxygen atoms in total. The minimum Gasteiger partial charge on any atom is -0.462 e. The van der Waals surface area contributed by atoms with Crippen molar-refractivity contribution >= 4 is 28.7 Å². The van der Waals surface area contributed by atoms with E-state index in [4.69, 9.17) is 9.40 Å². The van der Waals surface area contributed by atoms with Gasteiger partial charge in [0.1, 0.15) is 10.7 Å². The van der Waals surface area contributed by atoms with E-state index < -0.39 is 0 Å². The number of pyridine rings is 1. The van der Waals surface area contributed by atoms with Gasteiger partial charge in [-0.05, 0) is 37.1 Å². The monoisotopic (exact) mass is 416 g/mol. The van der Waals surface area contributed by atoms with Crippen molar-refractivity contribution in [3.8, 4) is 22.0 Å². The van der Waals surface area contributed by atoms with Gasteiger partial charge < -0.3 is 14.6 Å². The molecule has 30 heavy (non-hydrogen) atoms. The number of anilines is 2. The molecule has 7 heteroatoms.